The van der Waals surface area contributed by atoms with Crippen LogP contribution in [-0.4, -0.2) is 47.2 Å². The largest absolute Gasteiger partial charge is 0.490 e. The maximum atomic E-state index is 14.6. The number of nitrogens with two attached hydrogens (primary N) is 1. The number of benzene rings is 2. The van der Waals surface area contributed by atoms with E-state index in [4.69, 9.17) is 15.2 Å². The third-order valence-electron chi connectivity index (χ3n) is 8.26. The number of nitrogens with zero attached hydrogens (tertiary/aromatic N) is 2. The molecule has 1 aliphatic carbocycles. The molecule has 1 aliphatic heterocycles. The summed E-state index contributed by atoms with van der Waals surface area (Å²) in [6.45, 7) is 2.28. The van der Waals surface area contributed by atoms with Crippen molar-refractivity contribution in [3.05, 3.63) is 95.2 Å². The molecule has 46 heavy (non-hydrogen) atoms. The van der Waals surface area contributed by atoms with Crippen LogP contribution in [0, 0.1) is 12.7 Å². The van der Waals surface area contributed by atoms with Crippen molar-refractivity contribution in [1.82, 2.24) is 15.3 Å². The second-order valence-electron chi connectivity index (χ2n) is 11.8. The van der Waals surface area contributed by atoms with Gasteiger partial charge in [-0.3, -0.25) is 14.6 Å². The molecule has 2 aromatic carbocycles. The Morgan fingerprint density at radius 1 is 1.09 bits per heavy atom. The van der Waals surface area contributed by atoms with Crippen molar-refractivity contribution in [2.75, 3.05) is 13.2 Å². The molecule has 6 rings (SSSR count). The van der Waals surface area contributed by atoms with Gasteiger partial charge in [-0.2, -0.15) is 13.2 Å². The van der Waals surface area contributed by atoms with Crippen LogP contribution >= 0.6 is 0 Å². The van der Waals surface area contributed by atoms with Crippen LogP contribution < -0.4 is 20.5 Å². The lowest BCUT2D eigenvalue weighted by molar-refractivity contribution is -0.149. The number of ether oxygens (including phenoxy) is 2. The predicted octanol–water partition coefficient (Wildman–Crippen LogP) is 6.01. The van der Waals surface area contributed by atoms with Crippen LogP contribution in [0.5, 0.6) is 11.5 Å². The van der Waals surface area contributed by atoms with E-state index >= 15 is 0 Å². The Morgan fingerprint density at radius 2 is 1.80 bits per heavy atom. The molecule has 2 aromatic heterocycles. The van der Waals surface area contributed by atoms with Crippen molar-refractivity contribution >= 4 is 11.8 Å². The van der Waals surface area contributed by atoms with Crippen LogP contribution in [0.4, 0.5) is 17.6 Å². The average molecular weight is 635 g/mol. The van der Waals surface area contributed by atoms with Crippen molar-refractivity contribution in [1.29, 1.82) is 0 Å². The molecule has 1 fully saturated rings. The number of aromatic nitrogens is 2. The maximum absolute atomic E-state index is 14.6. The number of alkyl halides is 3. The SMILES string of the molecule is Cc1ccc(-c2ccc(C(=O)NC[C@H](c3cc4c(c(-c5ccc(F)cc5)n3)OC[C@]4(C)C(N)=O)C(F)(F)F)cc2OC2CC2)cn1. The number of fused-ring (bicyclic) bond motifs is 1. The van der Waals surface area contributed by atoms with E-state index in [-0.39, 0.29) is 40.8 Å². The van der Waals surface area contributed by atoms with Gasteiger partial charge in [0.15, 0.2) is 0 Å². The molecular weight excluding hydrogens is 604 g/mol. The van der Waals surface area contributed by atoms with Gasteiger partial charge < -0.3 is 20.5 Å². The van der Waals surface area contributed by atoms with Crippen molar-refractivity contribution < 1.29 is 36.6 Å². The summed E-state index contributed by atoms with van der Waals surface area (Å²) in [6.07, 6.45) is -1.43. The second-order valence-corrected chi connectivity index (χ2v) is 11.8. The summed E-state index contributed by atoms with van der Waals surface area (Å²) in [4.78, 5) is 34.3. The van der Waals surface area contributed by atoms with Gasteiger partial charge in [0.25, 0.3) is 5.91 Å². The van der Waals surface area contributed by atoms with E-state index < -0.39 is 47.4 Å². The van der Waals surface area contributed by atoms with Gasteiger partial charge in [-0.1, -0.05) is 6.07 Å². The Kier molecular flexibility index (Phi) is 7.91. The maximum Gasteiger partial charge on any atom is 0.398 e. The van der Waals surface area contributed by atoms with E-state index in [9.17, 15) is 27.2 Å². The van der Waals surface area contributed by atoms with Crippen molar-refractivity contribution in [3.63, 3.8) is 0 Å². The van der Waals surface area contributed by atoms with Gasteiger partial charge in [-0.15, -0.1) is 0 Å². The van der Waals surface area contributed by atoms with Crippen LogP contribution in [0.3, 0.4) is 0 Å². The molecule has 8 nitrogen and oxygen atoms in total. The number of hydrogen-bond donors (Lipinski definition) is 2. The first-order valence-electron chi connectivity index (χ1n) is 14.7. The fraction of sp³-hybridized carbons (Fsp3) is 0.294. The summed E-state index contributed by atoms with van der Waals surface area (Å²) in [6, 6.07) is 14.6. The first-order valence-corrected chi connectivity index (χ1v) is 14.7. The first kappa shape index (κ1) is 31.0. The fourth-order valence-corrected chi connectivity index (χ4v) is 5.27. The predicted molar refractivity (Wildman–Crippen MR) is 161 cm³/mol. The van der Waals surface area contributed by atoms with Gasteiger partial charge in [0.2, 0.25) is 5.91 Å². The fourth-order valence-electron chi connectivity index (χ4n) is 5.27. The molecule has 0 spiro atoms. The van der Waals surface area contributed by atoms with Gasteiger partial charge in [-0.25, -0.2) is 9.37 Å². The molecule has 3 N–H and O–H groups in total. The zero-order valence-corrected chi connectivity index (χ0v) is 25.0. The molecule has 0 radical (unpaired) electrons. The van der Waals surface area contributed by atoms with E-state index in [0.29, 0.717) is 11.3 Å². The number of nitrogens with one attached hydrogen (secondary N) is 1. The van der Waals surface area contributed by atoms with Gasteiger partial charge in [0.05, 0.1) is 11.8 Å². The highest BCUT2D eigenvalue weighted by molar-refractivity contribution is 5.95. The van der Waals surface area contributed by atoms with E-state index in [1.54, 1.807) is 12.3 Å². The summed E-state index contributed by atoms with van der Waals surface area (Å²) in [5.74, 6) is -3.83. The Hall–Kier alpha value is -5.00. The molecule has 0 saturated heterocycles. The quantitative estimate of drug-likeness (QED) is 0.218. The van der Waals surface area contributed by atoms with E-state index in [0.717, 1.165) is 42.3 Å². The standard InChI is InChI=1S/C34H30F4N4O4/c1-18-3-4-21(15-40-18)24-12-7-20(13-28(24)46-23-10-11-23)31(43)41-16-26(34(36,37)38)27-14-25-30(45-17-33(25,2)32(39)44)29(42-27)19-5-8-22(35)9-6-19/h3-9,12-15,23,26H,10-11,16-17H2,1-2H3,(H2,39,44)(H,41,43)/t26-,33+/m1/s1. The van der Waals surface area contributed by atoms with Crippen LogP contribution in [-0.2, 0) is 10.2 Å². The first-order chi connectivity index (χ1) is 21.8. The highest BCUT2D eigenvalue weighted by Gasteiger charge is 2.47. The van der Waals surface area contributed by atoms with Crippen molar-refractivity contribution in [2.45, 2.75) is 50.3 Å². The molecule has 4 aromatic rings. The van der Waals surface area contributed by atoms with Crippen LogP contribution in [0.25, 0.3) is 22.4 Å². The summed E-state index contributed by atoms with van der Waals surface area (Å²) >= 11 is 0. The number of pyridine rings is 2. The molecule has 0 bridgehead atoms. The van der Waals surface area contributed by atoms with E-state index in [2.05, 4.69) is 15.3 Å². The topological polar surface area (TPSA) is 116 Å². The van der Waals surface area contributed by atoms with Crippen LogP contribution in [0.1, 0.15) is 53.0 Å². The zero-order chi connectivity index (χ0) is 32.8. The second kappa shape index (κ2) is 11.7. The summed E-state index contributed by atoms with van der Waals surface area (Å²) < 4.78 is 69.4. The lowest BCUT2D eigenvalue weighted by atomic mass is 9.82. The average Bonchev–Trinajstić information content (AvgIpc) is 3.77. The molecule has 0 unspecified atom stereocenters. The lowest BCUT2D eigenvalue weighted by Gasteiger charge is -2.24. The molecule has 3 heterocycles. The summed E-state index contributed by atoms with van der Waals surface area (Å²) in [7, 11) is 0. The van der Waals surface area contributed by atoms with Gasteiger partial charge in [0, 0.05) is 46.3 Å². The molecule has 2 aliphatic rings. The Bertz CT molecular complexity index is 1810. The number of hydrogen-bond acceptors (Lipinski definition) is 6. The molecule has 2 amide bonds. The van der Waals surface area contributed by atoms with Crippen LogP contribution in [0.2, 0.25) is 0 Å². The number of halogens is 4. The van der Waals surface area contributed by atoms with Gasteiger partial charge >= 0.3 is 6.18 Å². The minimum absolute atomic E-state index is 0.00102. The number of primary amides is 1. The van der Waals surface area contributed by atoms with Gasteiger partial charge in [0.1, 0.15) is 40.9 Å². The normalized spacial score (nSPS) is 18.0. The molecule has 1 saturated carbocycles. The smallest absolute Gasteiger partial charge is 0.398 e. The van der Waals surface area contributed by atoms with E-state index in [1.165, 1.54) is 31.2 Å². The molecule has 238 valence electrons. The Labute approximate surface area is 262 Å². The number of aryl methyl sites for hydroxylation is 1. The van der Waals surface area contributed by atoms with Crippen molar-refractivity contribution in [3.8, 4) is 33.9 Å². The van der Waals surface area contributed by atoms with Crippen molar-refractivity contribution in [2.24, 2.45) is 5.73 Å². The highest BCUT2D eigenvalue weighted by Crippen LogP contribution is 2.46. The third kappa shape index (κ3) is 6.11. The summed E-state index contributed by atoms with van der Waals surface area (Å²) in [5, 5.41) is 2.41. The Morgan fingerprint density at radius 3 is 2.43 bits per heavy atom. The third-order valence-corrected chi connectivity index (χ3v) is 8.26. The molecule has 2 atom stereocenters. The monoisotopic (exact) mass is 634 g/mol. The minimum Gasteiger partial charge on any atom is -0.490 e. The van der Waals surface area contributed by atoms with Gasteiger partial charge in [-0.05, 0) is 81.3 Å². The lowest BCUT2D eigenvalue weighted by Crippen LogP contribution is -2.40. The zero-order valence-electron chi connectivity index (χ0n) is 25.0. The van der Waals surface area contributed by atoms with Crippen LogP contribution in [0.15, 0.2) is 66.9 Å². The molecular formula is C34H30F4N4O4. The molecule has 12 heteroatoms. The Balaban J connectivity index is 1.33. The highest BCUT2D eigenvalue weighted by atomic mass is 19.4. The number of rotatable bonds is 9. The summed E-state index contributed by atoms with van der Waals surface area (Å²) in [5.41, 5.74) is 6.60. The number of amides is 2. The number of carbonyl (C=O) groups excluding carboxylic acids is 2. The number of carbonyl (C=O) groups is 2. The van der Waals surface area contributed by atoms with E-state index in [1.807, 2.05) is 19.1 Å². The minimum atomic E-state index is -4.85.